The lowest BCUT2D eigenvalue weighted by molar-refractivity contribution is 0.226. The van der Waals surface area contributed by atoms with Gasteiger partial charge in [0.1, 0.15) is 11.9 Å². The van der Waals surface area contributed by atoms with Crippen molar-refractivity contribution in [1.82, 2.24) is 4.98 Å². The summed E-state index contributed by atoms with van der Waals surface area (Å²) in [5.41, 5.74) is 7.82. The minimum atomic E-state index is -0.000872. The Kier molecular flexibility index (Phi) is 4.31. The molecular formula is C15H18N2O. The van der Waals surface area contributed by atoms with E-state index in [1.807, 2.05) is 37.4 Å². The SMILES string of the molecule is CC(Oc1ccc(CCN)cc1)c1cccnc1. The van der Waals surface area contributed by atoms with E-state index >= 15 is 0 Å². The third kappa shape index (κ3) is 3.31. The maximum Gasteiger partial charge on any atom is 0.122 e. The lowest BCUT2D eigenvalue weighted by Gasteiger charge is -2.14. The summed E-state index contributed by atoms with van der Waals surface area (Å²) >= 11 is 0. The molecular weight excluding hydrogens is 224 g/mol. The number of hydrogen-bond donors (Lipinski definition) is 1. The zero-order valence-corrected chi connectivity index (χ0v) is 10.5. The van der Waals surface area contributed by atoms with Gasteiger partial charge in [-0.1, -0.05) is 18.2 Å². The van der Waals surface area contributed by atoms with Gasteiger partial charge in [-0.25, -0.2) is 0 Å². The van der Waals surface area contributed by atoms with Crippen molar-refractivity contribution >= 4 is 0 Å². The Bertz CT molecular complexity index is 468. The third-order valence-electron chi connectivity index (χ3n) is 2.82. The number of ether oxygens (including phenoxy) is 1. The zero-order valence-electron chi connectivity index (χ0n) is 10.5. The van der Waals surface area contributed by atoms with E-state index in [9.17, 15) is 0 Å². The highest BCUT2D eigenvalue weighted by atomic mass is 16.5. The second kappa shape index (κ2) is 6.17. The van der Waals surface area contributed by atoms with Crippen molar-refractivity contribution in [3.8, 4) is 5.75 Å². The normalized spacial score (nSPS) is 12.1. The van der Waals surface area contributed by atoms with E-state index in [0.717, 1.165) is 17.7 Å². The Balaban J connectivity index is 2.01. The van der Waals surface area contributed by atoms with Gasteiger partial charge in [-0.2, -0.15) is 0 Å². The van der Waals surface area contributed by atoms with Crippen LogP contribution in [0.5, 0.6) is 5.75 Å². The highest BCUT2D eigenvalue weighted by molar-refractivity contribution is 5.28. The summed E-state index contributed by atoms with van der Waals surface area (Å²) in [6.07, 6.45) is 4.49. The summed E-state index contributed by atoms with van der Waals surface area (Å²) in [7, 11) is 0. The van der Waals surface area contributed by atoms with Gasteiger partial charge in [0.25, 0.3) is 0 Å². The molecule has 3 nitrogen and oxygen atoms in total. The Morgan fingerprint density at radius 2 is 2.00 bits per heavy atom. The van der Waals surface area contributed by atoms with Gasteiger partial charge in [0, 0.05) is 18.0 Å². The molecule has 0 aliphatic carbocycles. The van der Waals surface area contributed by atoms with E-state index in [-0.39, 0.29) is 6.10 Å². The molecule has 18 heavy (non-hydrogen) atoms. The number of aromatic nitrogens is 1. The molecule has 3 heteroatoms. The fourth-order valence-corrected chi connectivity index (χ4v) is 1.79. The molecule has 2 rings (SSSR count). The van der Waals surface area contributed by atoms with E-state index in [1.165, 1.54) is 5.56 Å². The van der Waals surface area contributed by atoms with Crippen LogP contribution in [-0.4, -0.2) is 11.5 Å². The smallest absolute Gasteiger partial charge is 0.122 e. The number of hydrogen-bond acceptors (Lipinski definition) is 3. The fourth-order valence-electron chi connectivity index (χ4n) is 1.79. The van der Waals surface area contributed by atoms with Crippen LogP contribution in [0.25, 0.3) is 0 Å². The van der Waals surface area contributed by atoms with Crippen LogP contribution in [0.4, 0.5) is 0 Å². The van der Waals surface area contributed by atoms with Crippen molar-refractivity contribution in [3.63, 3.8) is 0 Å². The minimum Gasteiger partial charge on any atom is -0.486 e. The molecule has 0 bridgehead atoms. The molecule has 1 unspecified atom stereocenters. The average molecular weight is 242 g/mol. The lowest BCUT2D eigenvalue weighted by atomic mass is 10.1. The largest absolute Gasteiger partial charge is 0.486 e. The van der Waals surface area contributed by atoms with Crippen LogP contribution < -0.4 is 10.5 Å². The quantitative estimate of drug-likeness (QED) is 0.877. The second-order valence-corrected chi connectivity index (χ2v) is 4.23. The molecule has 0 fully saturated rings. The molecule has 0 aliphatic heterocycles. The van der Waals surface area contributed by atoms with Crippen LogP contribution >= 0.6 is 0 Å². The first-order valence-electron chi connectivity index (χ1n) is 6.15. The fraction of sp³-hybridized carbons (Fsp3) is 0.267. The number of benzene rings is 1. The monoisotopic (exact) mass is 242 g/mol. The highest BCUT2D eigenvalue weighted by Gasteiger charge is 2.06. The molecule has 1 aromatic carbocycles. The molecule has 0 saturated carbocycles. The van der Waals surface area contributed by atoms with Gasteiger partial charge in [0.15, 0.2) is 0 Å². The van der Waals surface area contributed by atoms with Gasteiger partial charge in [-0.3, -0.25) is 4.98 Å². The van der Waals surface area contributed by atoms with Crippen molar-refractivity contribution < 1.29 is 4.74 Å². The summed E-state index contributed by atoms with van der Waals surface area (Å²) in [4.78, 5) is 4.09. The zero-order chi connectivity index (χ0) is 12.8. The number of rotatable bonds is 5. The van der Waals surface area contributed by atoms with Crippen LogP contribution in [0.2, 0.25) is 0 Å². The molecule has 2 aromatic rings. The summed E-state index contributed by atoms with van der Waals surface area (Å²) in [5, 5.41) is 0. The molecule has 1 atom stereocenters. The first-order valence-corrected chi connectivity index (χ1v) is 6.15. The molecule has 0 aliphatic rings. The van der Waals surface area contributed by atoms with E-state index < -0.39 is 0 Å². The summed E-state index contributed by atoms with van der Waals surface area (Å²) in [6, 6.07) is 12.0. The van der Waals surface area contributed by atoms with Gasteiger partial charge in [-0.05, 0) is 43.7 Å². The molecule has 2 N–H and O–H groups in total. The Morgan fingerprint density at radius 1 is 1.22 bits per heavy atom. The Hall–Kier alpha value is -1.87. The minimum absolute atomic E-state index is 0.000872. The Morgan fingerprint density at radius 3 is 2.61 bits per heavy atom. The summed E-state index contributed by atoms with van der Waals surface area (Å²) in [6.45, 7) is 2.69. The van der Waals surface area contributed by atoms with Crippen molar-refractivity contribution in [2.24, 2.45) is 5.73 Å². The van der Waals surface area contributed by atoms with E-state index in [1.54, 1.807) is 6.20 Å². The first-order chi connectivity index (χ1) is 8.79. The van der Waals surface area contributed by atoms with E-state index in [0.29, 0.717) is 6.54 Å². The average Bonchev–Trinajstić information content (AvgIpc) is 2.42. The van der Waals surface area contributed by atoms with Crippen LogP contribution in [0, 0.1) is 0 Å². The van der Waals surface area contributed by atoms with Crippen LogP contribution in [-0.2, 0) is 6.42 Å². The van der Waals surface area contributed by atoms with Crippen molar-refractivity contribution in [3.05, 3.63) is 59.9 Å². The molecule has 1 aromatic heterocycles. The molecule has 0 spiro atoms. The predicted molar refractivity (Wildman–Crippen MR) is 72.5 cm³/mol. The molecule has 1 heterocycles. The molecule has 0 amide bonds. The van der Waals surface area contributed by atoms with Crippen molar-refractivity contribution in [2.75, 3.05) is 6.54 Å². The maximum atomic E-state index is 5.86. The third-order valence-corrected chi connectivity index (χ3v) is 2.82. The van der Waals surface area contributed by atoms with Gasteiger partial charge in [0.05, 0.1) is 0 Å². The number of nitrogens with zero attached hydrogens (tertiary/aromatic N) is 1. The van der Waals surface area contributed by atoms with Gasteiger partial charge >= 0.3 is 0 Å². The van der Waals surface area contributed by atoms with Crippen LogP contribution in [0.1, 0.15) is 24.2 Å². The summed E-state index contributed by atoms with van der Waals surface area (Å²) in [5.74, 6) is 0.868. The maximum absolute atomic E-state index is 5.86. The van der Waals surface area contributed by atoms with Gasteiger partial charge in [0.2, 0.25) is 0 Å². The van der Waals surface area contributed by atoms with Crippen LogP contribution in [0.15, 0.2) is 48.8 Å². The number of pyridine rings is 1. The first kappa shape index (κ1) is 12.6. The standard InChI is InChI=1S/C15H18N2O/c1-12(14-3-2-10-17-11-14)18-15-6-4-13(5-7-15)8-9-16/h2-7,10-12H,8-9,16H2,1H3. The van der Waals surface area contributed by atoms with Crippen molar-refractivity contribution in [2.45, 2.75) is 19.4 Å². The molecule has 94 valence electrons. The predicted octanol–water partition coefficient (Wildman–Crippen LogP) is 2.72. The second-order valence-electron chi connectivity index (χ2n) is 4.23. The topological polar surface area (TPSA) is 48.1 Å². The van der Waals surface area contributed by atoms with E-state index in [2.05, 4.69) is 17.1 Å². The number of nitrogens with two attached hydrogens (primary N) is 1. The summed E-state index contributed by atoms with van der Waals surface area (Å²) < 4.78 is 5.86. The van der Waals surface area contributed by atoms with Crippen LogP contribution in [0.3, 0.4) is 0 Å². The molecule has 0 radical (unpaired) electrons. The lowest BCUT2D eigenvalue weighted by Crippen LogP contribution is -2.04. The van der Waals surface area contributed by atoms with E-state index in [4.69, 9.17) is 10.5 Å². The Labute approximate surface area is 108 Å². The van der Waals surface area contributed by atoms with Gasteiger partial charge < -0.3 is 10.5 Å². The van der Waals surface area contributed by atoms with Crippen molar-refractivity contribution in [1.29, 1.82) is 0 Å². The molecule has 0 saturated heterocycles. The van der Waals surface area contributed by atoms with Gasteiger partial charge in [-0.15, -0.1) is 0 Å². The highest BCUT2D eigenvalue weighted by Crippen LogP contribution is 2.21.